The lowest BCUT2D eigenvalue weighted by Crippen LogP contribution is -2.03. The number of nitrogens with zero attached hydrogens (tertiary/aromatic N) is 2. The first-order valence-corrected chi connectivity index (χ1v) is 9.88. The highest BCUT2D eigenvalue weighted by molar-refractivity contribution is 4.92. The van der Waals surface area contributed by atoms with Gasteiger partial charge in [0.15, 0.2) is 0 Å². The molecule has 0 atom stereocenters. The largest absolute Gasteiger partial charge is 0.335 e. The molecule has 22 heavy (non-hydrogen) atoms. The van der Waals surface area contributed by atoms with Crippen molar-refractivity contribution in [3.8, 4) is 0 Å². The number of aryl methyl sites for hydroxylation is 2. The van der Waals surface area contributed by atoms with Gasteiger partial charge in [0, 0.05) is 25.4 Å². The van der Waals surface area contributed by atoms with Crippen LogP contribution in [0.1, 0.15) is 103 Å². The van der Waals surface area contributed by atoms with Crippen molar-refractivity contribution in [2.24, 2.45) is 0 Å². The molecule has 2 heteroatoms. The van der Waals surface area contributed by atoms with E-state index in [1.54, 1.807) is 0 Å². The molecular formula is C20H38N2. The number of imidazole rings is 1. The summed E-state index contributed by atoms with van der Waals surface area (Å²) < 4.78 is 2.38. The van der Waals surface area contributed by atoms with E-state index in [0.717, 1.165) is 6.42 Å². The molecule has 0 unspecified atom stereocenters. The second-order valence-corrected chi connectivity index (χ2v) is 6.68. The van der Waals surface area contributed by atoms with Gasteiger partial charge in [-0.1, -0.05) is 84.5 Å². The van der Waals surface area contributed by atoms with Crippen LogP contribution in [0, 0.1) is 0 Å². The lowest BCUT2D eigenvalue weighted by molar-refractivity contribution is 0.527. The van der Waals surface area contributed by atoms with Crippen LogP contribution < -0.4 is 0 Å². The molecule has 128 valence electrons. The van der Waals surface area contributed by atoms with E-state index in [2.05, 4.69) is 29.6 Å². The fourth-order valence-electron chi connectivity index (χ4n) is 3.07. The lowest BCUT2D eigenvalue weighted by atomic mass is 10.1. The van der Waals surface area contributed by atoms with Gasteiger partial charge in [-0.25, -0.2) is 4.98 Å². The van der Waals surface area contributed by atoms with E-state index in [-0.39, 0.29) is 0 Å². The molecule has 1 rings (SSSR count). The summed E-state index contributed by atoms with van der Waals surface area (Å²) in [6, 6.07) is 0. The Hall–Kier alpha value is -0.790. The van der Waals surface area contributed by atoms with Crippen molar-refractivity contribution in [1.82, 2.24) is 9.55 Å². The van der Waals surface area contributed by atoms with Crippen molar-refractivity contribution in [2.45, 2.75) is 110 Å². The molecule has 0 aliphatic carbocycles. The molecule has 0 fully saturated rings. The average Bonchev–Trinajstić information content (AvgIpc) is 2.97. The van der Waals surface area contributed by atoms with Crippen molar-refractivity contribution >= 4 is 0 Å². The normalized spacial score (nSPS) is 11.2. The molecule has 0 amide bonds. The molecule has 2 nitrogen and oxygen atoms in total. The Balaban J connectivity index is 2.01. The maximum absolute atomic E-state index is 4.53. The summed E-state index contributed by atoms with van der Waals surface area (Å²) in [5.74, 6) is 1.30. The number of hydrogen-bond acceptors (Lipinski definition) is 1. The van der Waals surface area contributed by atoms with Crippen molar-refractivity contribution in [3.63, 3.8) is 0 Å². The van der Waals surface area contributed by atoms with E-state index >= 15 is 0 Å². The first-order valence-electron chi connectivity index (χ1n) is 9.88. The van der Waals surface area contributed by atoms with Crippen LogP contribution in [-0.4, -0.2) is 9.55 Å². The maximum atomic E-state index is 4.53. The second kappa shape index (κ2) is 13.8. The van der Waals surface area contributed by atoms with Crippen LogP contribution in [0.2, 0.25) is 0 Å². The van der Waals surface area contributed by atoms with Gasteiger partial charge in [-0.05, 0) is 12.8 Å². The van der Waals surface area contributed by atoms with Gasteiger partial charge in [0.1, 0.15) is 5.82 Å². The average molecular weight is 307 g/mol. The lowest BCUT2D eigenvalue weighted by Gasteiger charge is -2.08. The number of unbranched alkanes of at least 4 members (excludes halogenated alkanes) is 11. The Bertz CT molecular complexity index is 343. The molecule has 0 spiro atoms. The third-order valence-electron chi connectivity index (χ3n) is 4.56. The Morgan fingerprint density at radius 3 is 1.91 bits per heavy atom. The third kappa shape index (κ3) is 9.27. The van der Waals surface area contributed by atoms with Crippen LogP contribution in [-0.2, 0) is 13.0 Å². The van der Waals surface area contributed by atoms with E-state index < -0.39 is 0 Å². The van der Waals surface area contributed by atoms with E-state index in [0.29, 0.717) is 0 Å². The molecule has 0 aliphatic heterocycles. The van der Waals surface area contributed by atoms with Crippen LogP contribution in [0.3, 0.4) is 0 Å². The highest BCUT2D eigenvalue weighted by Gasteiger charge is 2.02. The highest BCUT2D eigenvalue weighted by Crippen LogP contribution is 2.11. The van der Waals surface area contributed by atoms with Crippen molar-refractivity contribution in [2.75, 3.05) is 0 Å². The fourth-order valence-corrected chi connectivity index (χ4v) is 3.07. The molecule has 0 N–H and O–H groups in total. The van der Waals surface area contributed by atoms with E-state index in [9.17, 15) is 0 Å². The van der Waals surface area contributed by atoms with E-state index in [1.165, 1.54) is 95.8 Å². The second-order valence-electron chi connectivity index (χ2n) is 6.68. The third-order valence-corrected chi connectivity index (χ3v) is 4.56. The Morgan fingerprint density at radius 2 is 1.27 bits per heavy atom. The number of rotatable bonds is 15. The zero-order valence-corrected chi connectivity index (χ0v) is 15.2. The summed E-state index contributed by atoms with van der Waals surface area (Å²) in [6.07, 6.45) is 23.2. The summed E-state index contributed by atoms with van der Waals surface area (Å²) in [7, 11) is 0. The van der Waals surface area contributed by atoms with Gasteiger partial charge in [-0.15, -0.1) is 0 Å². The zero-order chi connectivity index (χ0) is 15.9. The molecule has 0 aromatic carbocycles. The molecular weight excluding hydrogens is 268 g/mol. The van der Waals surface area contributed by atoms with Crippen LogP contribution in [0.25, 0.3) is 0 Å². The van der Waals surface area contributed by atoms with Crippen LogP contribution in [0.15, 0.2) is 12.4 Å². The summed E-state index contributed by atoms with van der Waals surface area (Å²) >= 11 is 0. The van der Waals surface area contributed by atoms with Gasteiger partial charge in [-0.2, -0.15) is 0 Å². The highest BCUT2D eigenvalue weighted by atomic mass is 15.1. The van der Waals surface area contributed by atoms with Gasteiger partial charge in [0.05, 0.1) is 0 Å². The smallest absolute Gasteiger partial charge is 0.108 e. The summed E-state index contributed by atoms with van der Waals surface area (Å²) in [4.78, 5) is 4.53. The summed E-state index contributed by atoms with van der Waals surface area (Å²) in [5.41, 5.74) is 0. The van der Waals surface area contributed by atoms with Gasteiger partial charge in [0.25, 0.3) is 0 Å². The van der Waals surface area contributed by atoms with Crippen molar-refractivity contribution in [1.29, 1.82) is 0 Å². The van der Waals surface area contributed by atoms with Crippen LogP contribution in [0.4, 0.5) is 0 Å². The molecule has 0 saturated heterocycles. The Labute approximate surface area is 138 Å². The minimum absolute atomic E-state index is 1.16. The van der Waals surface area contributed by atoms with Gasteiger partial charge in [0.2, 0.25) is 0 Å². The fraction of sp³-hybridized carbons (Fsp3) is 0.850. The summed E-state index contributed by atoms with van der Waals surface area (Å²) in [6.45, 7) is 5.72. The number of hydrogen-bond donors (Lipinski definition) is 0. The molecule has 1 aromatic rings. The quantitative estimate of drug-likeness (QED) is 0.336. The maximum Gasteiger partial charge on any atom is 0.108 e. The number of aromatic nitrogens is 2. The van der Waals surface area contributed by atoms with Gasteiger partial charge >= 0.3 is 0 Å². The molecule has 0 bridgehead atoms. The topological polar surface area (TPSA) is 17.8 Å². The van der Waals surface area contributed by atoms with E-state index in [1.807, 2.05) is 6.20 Å². The van der Waals surface area contributed by atoms with Gasteiger partial charge < -0.3 is 4.57 Å². The Kier molecular flexibility index (Phi) is 12.1. The monoisotopic (exact) mass is 306 g/mol. The molecule has 0 saturated carbocycles. The SMILES string of the molecule is CCCCCCCCCCCn1ccnc1CCCCCC. The van der Waals surface area contributed by atoms with Crippen molar-refractivity contribution in [3.05, 3.63) is 18.2 Å². The molecule has 1 aromatic heterocycles. The molecule has 1 heterocycles. The standard InChI is InChI=1S/C20H38N2/c1-3-5-7-9-10-11-12-13-15-18-22-19-17-21-20(22)16-14-8-6-4-2/h17,19H,3-16,18H2,1-2H3. The first kappa shape index (κ1) is 19.3. The predicted octanol–water partition coefficient (Wildman–Crippen LogP) is 6.54. The molecule has 0 radical (unpaired) electrons. The molecule has 0 aliphatic rings. The predicted molar refractivity (Wildman–Crippen MR) is 97.3 cm³/mol. The Morgan fingerprint density at radius 1 is 0.727 bits per heavy atom. The van der Waals surface area contributed by atoms with Gasteiger partial charge in [-0.3, -0.25) is 0 Å². The minimum atomic E-state index is 1.16. The summed E-state index contributed by atoms with van der Waals surface area (Å²) in [5, 5.41) is 0. The van der Waals surface area contributed by atoms with Crippen LogP contribution in [0.5, 0.6) is 0 Å². The van der Waals surface area contributed by atoms with E-state index in [4.69, 9.17) is 0 Å². The minimum Gasteiger partial charge on any atom is -0.335 e. The first-order chi connectivity index (χ1) is 10.9. The van der Waals surface area contributed by atoms with Crippen molar-refractivity contribution < 1.29 is 0 Å². The van der Waals surface area contributed by atoms with Crippen LogP contribution >= 0.6 is 0 Å². The zero-order valence-electron chi connectivity index (χ0n) is 15.2.